The second-order valence-corrected chi connectivity index (χ2v) is 5.77. The number of fused-ring (bicyclic) bond motifs is 2. The lowest BCUT2D eigenvalue weighted by Gasteiger charge is -2.08. The van der Waals surface area contributed by atoms with Crippen molar-refractivity contribution in [3.8, 4) is 0 Å². The Morgan fingerprint density at radius 3 is 2.60 bits per heavy atom. The number of anilines is 1. The van der Waals surface area contributed by atoms with Crippen LogP contribution >= 0.6 is 0 Å². The van der Waals surface area contributed by atoms with Crippen LogP contribution in [0.5, 0.6) is 0 Å². The van der Waals surface area contributed by atoms with Crippen LogP contribution in [0.15, 0.2) is 36.4 Å². The minimum Gasteiger partial charge on any atom is -0.324 e. The molecule has 1 amide bonds. The third kappa shape index (κ3) is 2.69. The molecule has 0 aliphatic rings. The molecule has 0 saturated heterocycles. The van der Waals surface area contributed by atoms with E-state index >= 15 is 0 Å². The Labute approximate surface area is 142 Å². The van der Waals surface area contributed by atoms with E-state index in [0.29, 0.717) is 28.4 Å². The zero-order chi connectivity index (χ0) is 17.6. The average Bonchev–Trinajstić information content (AvgIpc) is 2.97. The number of carbonyl (C=O) groups excluding carboxylic acids is 1. The minimum absolute atomic E-state index is 0.117. The molecule has 6 nitrogen and oxygen atoms in total. The molecule has 0 atom stereocenters. The van der Waals surface area contributed by atoms with Gasteiger partial charge in [-0.15, -0.1) is 0 Å². The molecule has 0 saturated carbocycles. The number of aryl methyl sites for hydroxylation is 2. The van der Waals surface area contributed by atoms with Gasteiger partial charge >= 0.3 is 0 Å². The second kappa shape index (κ2) is 5.62. The van der Waals surface area contributed by atoms with E-state index in [0.717, 1.165) is 17.1 Å². The molecule has 2 aromatic heterocycles. The first-order valence-corrected chi connectivity index (χ1v) is 7.72. The number of para-hydroxylation sites is 2. The molecule has 0 aliphatic carbocycles. The Morgan fingerprint density at radius 1 is 1.04 bits per heavy atom. The van der Waals surface area contributed by atoms with Gasteiger partial charge < -0.3 is 4.98 Å². The average molecular weight is 335 g/mol. The molecule has 0 fully saturated rings. The maximum atomic E-state index is 13.9. The zero-order valence-corrected chi connectivity index (χ0v) is 13.6. The van der Waals surface area contributed by atoms with Crippen LogP contribution in [0, 0.1) is 19.7 Å². The summed E-state index contributed by atoms with van der Waals surface area (Å²) in [5.74, 6) is -0.749. The van der Waals surface area contributed by atoms with Gasteiger partial charge in [-0.25, -0.2) is 19.3 Å². The van der Waals surface area contributed by atoms with Crippen LogP contribution in [-0.4, -0.2) is 25.8 Å². The van der Waals surface area contributed by atoms with E-state index in [4.69, 9.17) is 0 Å². The third-order valence-electron chi connectivity index (χ3n) is 4.01. The monoisotopic (exact) mass is 335 g/mol. The molecule has 0 aliphatic heterocycles. The molecule has 124 valence electrons. The van der Waals surface area contributed by atoms with Gasteiger partial charge in [0.15, 0.2) is 0 Å². The summed E-state index contributed by atoms with van der Waals surface area (Å²) in [4.78, 5) is 28.7. The lowest BCUT2D eigenvalue weighted by molar-refractivity contribution is 0.102. The Balaban J connectivity index is 1.77. The zero-order valence-electron chi connectivity index (χ0n) is 13.6. The maximum absolute atomic E-state index is 13.9. The quantitative estimate of drug-likeness (QED) is 0.587. The van der Waals surface area contributed by atoms with Crippen molar-refractivity contribution in [2.75, 3.05) is 5.32 Å². The van der Waals surface area contributed by atoms with Crippen LogP contribution in [0.4, 0.5) is 10.3 Å². The minimum atomic E-state index is -0.542. The summed E-state index contributed by atoms with van der Waals surface area (Å²) < 4.78 is 13.9. The lowest BCUT2D eigenvalue weighted by Crippen LogP contribution is -2.15. The summed E-state index contributed by atoms with van der Waals surface area (Å²) in [5.41, 5.74) is 3.74. The highest BCUT2D eigenvalue weighted by Gasteiger charge is 2.17. The molecule has 7 heteroatoms. The molecule has 2 N–H and O–H groups in total. The van der Waals surface area contributed by atoms with Crippen LogP contribution < -0.4 is 5.32 Å². The summed E-state index contributed by atoms with van der Waals surface area (Å²) >= 11 is 0. The van der Waals surface area contributed by atoms with Gasteiger partial charge in [0, 0.05) is 6.07 Å². The Morgan fingerprint density at radius 2 is 1.80 bits per heavy atom. The highest BCUT2D eigenvalue weighted by Crippen LogP contribution is 2.21. The predicted octanol–water partition coefficient (Wildman–Crippen LogP) is 3.51. The summed E-state index contributed by atoms with van der Waals surface area (Å²) in [6.07, 6.45) is 0. The summed E-state index contributed by atoms with van der Waals surface area (Å²) in [7, 11) is 0. The van der Waals surface area contributed by atoms with Gasteiger partial charge in [0.25, 0.3) is 5.91 Å². The van der Waals surface area contributed by atoms with Crippen LogP contribution in [-0.2, 0) is 0 Å². The normalized spacial score (nSPS) is 11.2. The number of rotatable bonds is 2. The van der Waals surface area contributed by atoms with E-state index < -0.39 is 11.7 Å². The number of nitrogens with zero attached hydrogens (tertiary/aromatic N) is 3. The van der Waals surface area contributed by atoms with Crippen molar-refractivity contribution in [1.29, 1.82) is 0 Å². The number of imidazole rings is 1. The molecule has 2 heterocycles. The number of aromatic amines is 1. The molecular formula is C18H14FN5O. The first-order chi connectivity index (χ1) is 12.0. The van der Waals surface area contributed by atoms with Crippen molar-refractivity contribution in [2.24, 2.45) is 0 Å². The van der Waals surface area contributed by atoms with E-state index in [-0.39, 0.29) is 5.56 Å². The Hall–Kier alpha value is -3.35. The molecule has 25 heavy (non-hydrogen) atoms. The molecule has 0 unspecified atom stereocenters. The number of nitrogens with one attached hydrogen (secondary N) is 2. The third-order valence-corrected chi connectivity index (χ3v) is 4.01. The number of benzene rings is 2. The van der Waals surface area contributed by atoms with Gasteiger partial charge in [-0.2, -0.15) is 0 Å². The van der Waals surface area contributed by atoms with E-state index in [1.807, 2.05) is 24.3 Å². The van der Waals surface area contributed by atoms with Crippen molar-refractivity contribution in [3.63, 3.8) is 0 Å². The number of carbonyl (C=O) groups is 1. The number of aromatic nitrogens is 4. The topological polar surface area (TPSA) is 83.6 Å². The van der Waals surface area contributed by atoms with Crippen molar-refractivity contribution in [3.05, 3.63) is 59.2 Å². The summed E-state index contributed by atoms with van der Waals surface area (Å²) in [5, 5.41) is 2.66. The van der Waals surface area contributed by atoms with Gasteiger partial charge in [-0.05, 0) is 32.0 Å². The molecule has 2 aromatic carbocycles. The molecule has 4 rings (SSSR count). The highest BCUT2D eigenvalue weighted by molar-refractivity contribution is 6.11. The number of hydrogen-bond donors (Lipinski definition) is 2. The lowest BCUT2D eigenvalue weighted by atomic mass is 10.1. The standard InChI is InChI=1S/C18H14FN5O/c1-9-10(2)21-16-12(7-11(19)8-15(16)20-9)17(25)24-18-22-13-5-3-4-6-14(13)23-18/h3-8H,1-2H3,(H2,22,23,24,25). The maximum Gasteiger partial charge on any atom is 0.260 e. The van der Waals surface area contributed by atoms with Crippen LogP contribution in [0.3, 0.4) is 0 Å². The molecule has 0 spiro atoms. The molecule has 0 bridgehead atoms. The summed E-state index contributed by atoms with van der Waals surface area (Å²) in [6, 6.07) is 9.84. The molecule has 4 aromatic rings. The van der Waals surface area contributed by atoms with E-state index in [1.165, 1.54) is 6.07 Å². The van der Waals surface area contributed by atoms with E-state index in [9.17, 15) is 9.18 Å². The first-order valence-electron chi connectivity index (χ1n) is 7.72. The van der Waals surface area contributed by atoms with Crippen molar-refractivity contribution in [1.82, 2.24) is 19.9 Å². The van der Waals surface area contributed by atoms with E-state index in [2.05, 4.69) is 25.3 Å². The summed E-state index contributed by atoms with van der Waals surface area (Å²) in [6.45, 7) is 3.59. The van der Waals surface area contributed by atoms with Crippen molar-refractivity contribution >= 4 is 33.9 Å². The fraction of sp³-hybridized carbons (Fsp3) is 0.111. The van der Waals surface area contributed by atoms with Gasteiger partial charge in [0.1, 0.15) is 11.3 Å². The number of halogens is 1. The SMILES string of the molecule is Cc1nc2cc(F)cc(C(=O)Nc3nc4ccccc4[nH]3)c2nc1C. The highest BCUT2D eigenvalue weighted by atomic mass is 19.1. The molecule has 0 radical (unpaired) electrons. The largest absolute Gasteiger partial charge is 0.324 e. The number of H-pyrrole nitrogens is 1. The van der Waals surface area contributed by atoms with Crippen molar-refractivity contribution < 1.29 is 9.18 Å². The Bertz CT molecular complexity index is 1100. The van der Waals surface area contributed by atoms with Crippen LogP contribution in [0.2, 0.25) is 0 Å². The number of amides is 1. The second-order valence-electron chi connectivity index (χ2n) is 5.77. The number of hydrogen-bond acceptors (Lipinski definition) is 4. The fourth-order valence-corrected chi connectivity index (χ4v) is 2.66. The van der Waals surface area contributed by atoms with Gasteiger partial charge in [0.05, 0.1) is 33.5 Å². The first kappa shape index (κ1) is 15.2. The van der Waals surface area contributed by atoms with Crippen LogP contribution in [0.1, 0.15) is 21.7 Å². The Kier molecular flexibility index (Phi) is 3.42. The van der Waals surface area contributed by atoms with Crippen LogP contribution in [0.25, 0.3) is 22.1 Å². The predicted molar refractivity (Wildman–Crippen MR) is 93.0 cm³/mol. The fourth-order valence-electron chi connectivity index (χ4n) is 2.66. The van der Waals surface area contributed by atoms with Gasteiger partial charge in [0.2, 0.25) is 5.95 Å². The van der Waals surface area contributed by atoms with Crippen molar-refractivity contribution in [2.45, 2.75) is 13.8 Å². The van der Waals surface area contributed by atoms with Gasteiger partial charge in [-0.3, -0.25) is 10.1 Å². The molecular weight excluding hydrogens is 321 g/mol. The van der Waals surface area contributed by atoms with E-state index in [1.54, 1.807) is 13.8 Å². The smallest absolute Gasteiger partial charge is 0.260 e. The van der Waals surface area contributed by atoms with Gasteiger partial charge in [-0.1, -0.05) is 12.1 Å².